The molecule has 2 aliphatic rings. The van der Waals surface area contributed by atoms with E-state index in [9.17, 15) is 9.59 Å². The maximum absolute atomic E-state index is 12.8. The first-order valence-electron chi connectivity index (χ1n) is 10.7. The molecule has 2 aromatic carbocycles. The normalized spacial score (nSPS) is 17.9. The Morgan fingerprint density at radius 3 is 2.53 bits per heavy atom. The SMILES string of the molecule is CC(NC(=O)c1cccc(CN2CCOCC2)c1)c1ccc(NC(=O)C2CC2)cc1. The second-order valence-corrected chi connectivity index (χ2v) is 8.17. The molecular formula is C24H29N3O3. The van der Waals surface area contributed by atoms with Crippen LogP contribution >= 0.6 is 0 Å². The molecule has 0 radical (unpaired) electrons. The fourth-order valence-corrected chi connectivity index (χ4v) is 3.64. The number of rotatable bonds is 7. The van der Waals surface area contributed by atoms with Crippen molar-refractivity contribution in [3.8, 4) is 0 Å². The Morgan fingerprint density at radius 2 is 1.83 bits per heavy atom. The lowest BCUT2D eigenvalue weighted by atomic mass is 10.1. The van der Waals surface area contributed by atoms with Gasteiger partial charge < -0.3 is 15.4 Å². The van der Waals surface area contributed by atoms with E-state index in [1.54, 1.807) is 0 Å². The van der Waals surface area contributed by atoms with E-state index >= 15 is 0 Å². The summed E-state index contributed by atoms with van der Waals surface area (Å²) in [5.74, 6) is 0.195. The maximum Gasteiger partial charge on any atom is 0.251 e. The minimum Gasteiger partial charge on any atom is -0.379 e. The van der Waals surface area contributed by atoms with Crippen LogP contribution in [0.15, 0.2) is 48.5 Å². The summed E-state index contributed by atoms with van der Waals surface area (Å²) in [6.07, 6.45) is 1.97. The van der Waals surface area contributed by atoms with Gasteiger partial charge in [0.2, 0.25) is 5.91 Å². The second kappa shape index (κ2) is 9.41. The van der Waals surface area contributed by atoms with Gasteiger partial charge in [-0.15, -0.1) is 0 Å². The number of morpholine rings is 1. The molecule has 30 heavy (non-hydrogen) atoms. The van der Waals surface area contributed by atoms with Crippen molar-refractivity contribution in [2.24, 2.45) is 5.92 Å². The molecule has 1 aliphatic carbocycles. The molecule has 4 rings (SSSR count). The number of nitrogens with zero attached hydrogens (tertiary/aromatic N) is 1. The molecule has 2 N–H and O–H groups in total. The fraction of sp³-hybridized carbons (Fsp3) is 0.417. The largest absolute Gasteiger partial charge is 0.379 e. The summed E-state index contributed by atoms with van der Waals surface area (Å²) in [6.45, 7) is 6.16. The first-order chi connectivity index (χ1) is 14.6. The minimum atomic E-state index is -0.131. The molecule has 2 fully saturated rings. The molecule has 2 aromatic rings. The molecule has 6 heteroatoms. The van der Waals surface area contributed by atoms with Crippen LogP contribution in [0.5, 0.6) is 0 Å². The number of carbonyl (C=O) groups excluding carboxylic acids is 2. The predicted octanol–water partition coefficient (Wildman–Crippen LogP) is 3.36. The van der Waals surface area contributed by atoms with Crippen molar-refractivity contribution in [2.45, 2.75) is 32.4 Å². The summed E-state index contributed by atoms with van der Waals surface area (Å²) >= 11 is 0. The standard InChI is InChI=1S/C24H29N3O3/c1-17(19-7-9-22(10-8-19)26-23(28)20-5-6-20)25-24(29)21-4-2-3-18(15-21)16-27-11-13-30-14-12-27/h2-4,7-10,15,17,20H,5-6,11-14,16H2,1H3,(H,25,29)(H,26,28). The molecule has 1 heterocycles. The lowest BCUT2D eigenvalue weighted by Gasteiger charge is -2.26. The van der Waals surface area contributed by atoms with Gasteiger partial charge in [-0.1, -0.05) is 24.3 Å². The van der Waals surface area contributed by atoms with Gasteiger partial charge in [-0.2, -0.15) is 0 Å². The van der Waals surface area contributed by atoms with E-state index in [1.807, 2.05) is 49.4 Å². The molecule has 1 atom stereocenters. The van der Waals surface area contributed by atoms with Gasteiger partial charge in [-0.05, 0) is 55.2 Å². The van der Waals surface area contributed by atoms with E-state index in [1.165, 1.54) is 0 Å². The second-order valence-electron chi connectivity index (χ2n) is 8.17. The van der Waals surface area contributed by atoms with Gasteiger partial charge in [0.15, 0.2) is 0 Å². The van der Waals surface area contributed by atoms with E-state index in [4.69, 9.17) is 4.74 Å². The van der Waals surface area contributed by atoms with Gasteiger partial charge in [0.05, 0.1) is 19.3 Å². The van der Waals surface area contributed by atoms with Crippen LogP contribution in [0.25, 0.3) is 0 Å². The molecule has 0 aromatic heterocycles. The molecule has 0 spiro atoms. The zero-order valence-electron chi connectivity index (χ0n) is 17.4. The van der Waals surface area contributed by atoms with Gasteiger partial charge in [-0.25, -0.2) is 0 Å². The van der Waals surface area contributed by atoms with Crippen molar-refractivity contribution in [3.05, 3.63) is 65.2 Å². The highest BCUT2D eigenvalue weighted by Gasteiger charge is 2.29. The van der Waals surface area contributed by atoms with E-state index in [0.29, 0.717) is 5.56 Å². The molecule has 1 unspecified atom stereocenters. The molecule has 1 aliphatic heterocycles. The Kier molecular flexibility index (Phi) is 6.45. The zero-order chi connectivity index (χ0) is 20.9. The van der Waals surface area contributed by atoms with E-state index in [2.05, 4.69) is 21.6 Å². The Bertz CT molecular complexity index is 887. The fourth-order valence-electron chi connectivity index (χ4n) is 3.64. The van der Waals surface area contributed by atoms with Crippen LogP contribution in [0.4, 0.5) is 5.69 Å². The molecule has 1 saturated carbocycles. The number of amides is 2. The monoisotopic (exact) mass is 407 g/mol. The molecule has 158 valence electrons. The molecule has 6 nitrogen and oxygen atoms in total. The van der Waals surface area contributed by atoms with E-state index < -0.39 is 0 Å². The molecule has 2 amide bonds. The first kappa shape index (κ1) is 20.6. The summed E-state index contributed by atoms with van der Waals surface area (Å²) in [4.78, 5) is 27.0. The van der Waals surface area contributed by atoms with Crippen LogP contribution < -0.4 is 10.6 Å². The minimum absolute atomic E-state index is 0.0857. The van der Waals surface area contributed by atoms with Crippen LogP contribution in [0, 0.1) is 5.92 Å². The van der Waals surface area contributed by atoms with Crippen LogP contribution in [-0.2, 0) is 16.1 Å². The number of carbonyl (C=O) groups is 2. The van der Waals surface area contributed by atoms with Crippen LogP contribution in [0.3, 0.4) is 0 Å². The van der Waals surface area contributed by atoms with Crippen LogP contribution in [0.2, 0.25) is 0 Å². The van der Waals surface area contributed by atoms with E-state index in [-0.39, 0.29) is 23.8 Å². The molecule has 0 bridgehead atoms. The van der Waals surface area contributed by atoms with Crippen molar-refractivity contribution in [1.29, 1.82) is 0 Å². The van der Waals surface area contributed by atoms with Crippen molar-refractivity contribution in [1.82, 2.24) is 10.2 Å². The Hall–Kier alpha value is -2.70. The summed E-state index contributed by atoms with van der Waals surface area (Å²) in [6, 6.07) is 15.4. The van der Waals surface area contributed by atoms with Crippen LogP contribution in [-0.4, -0.2) is 43.0 Å². The van der Waals surface area contributed by atoms with Crippen molar-refractivity contribution in [2.75, 3.05) is 31.6 Å². The van der Waals surface area contributed by atoms with Gasteiger partial charge in [0.1, 0.15) is 0 Å². The number of ether oxygens (including phenoxy) is 1. The summed E-state index contributed by atoms with van der Waals surface area (Å²) in [7, 11) is 0. The van der Waals surface area contributed by atoms with Gasteiger partial charge >= 0.3 is 0 Å². The Balaban J connectivity index is 1.33. The lowest BCUT2D eigenvalue weighted by Crippen LogP contribution is -2.35. The first-order valence-corrected chi connectivity index (χ1v) is 10.7. The summed E-state index contributed by atoms with van der Waals surface area (Å²) in [5.41, 5.74) is 3.59. The predicted molar refractivity (Wildman–Crippen MR) is 116 cm³/mol. The highest BCUT2D eigenvalue weighted by atomic mass is 16.5. The third kappa shape index (κ3) is 5.46. The number of hydrogen-bond acceptors (Lipinski definition) is 4. The van der Waals surface area contributed by atoms with Gasteiger partial charge in [0.25, 0.3) is 5.91 Å². The van der Waals surface area contributed by atoms with Crippen molar-refractivity contribution < 1.29 is 14.3 Å². The third-order valence-corrected chi connectivity index (χ3v) is 5.67. The summed E-state index contributed by atoms with van der Waals surface area (Å²) in [5, 5.41) is 6.01. The topological polar surface area (TPSA) is 70.7 Å². The quantitative estimate of drug-likeness (QED) is 0.738. The zero-order valence-corrected chi connectivity index (χ0v) is 17.4. The highest BCUT2D eigenvalue weighted by Crippen LogP contribution is 2.30. The number of benzene rings is 2. The van der Waals surface area contributed by atoms with Crippen molar-refractivity contribution in [3.63, 3.8) is 0 Å². The van der Waals surface area contributed by atoms with Gasteiger partial charge in [-0.3, -0.25) is 14.5 Å². The number of nitrogens with one attached hydrogen (secondary N) is 2. The third-order valence-electron chi connectivity index (χ3n) is 5.67. The van der Waals surface area contributed by atoms with Crippen LogP contribution in [0.1, 0.15) is 47.3 Å². The Labute approximate surface area is 177 Å². The summed E-state index contributed by atoms with van der Waals surface area (Å²) < 4.78 is 5.40. The molecular weight excluding hydrogens is 378 g/mol. The average molecular weight is 408 g/mol. The molecule has 1 saturated heterocycles. The smallest absolute Gasteiger partial charge is 0.251 e. The van der Waals surface area contributed by atoms with Gasteiger partial charge in [0, 0.05) is 36.8 Å². The van der Waals surface area contributed by atoms with Crippen molar-refractivity contribution >= 4 is 17.5 Å². The Morgan fingerprint density at radius 1 is 1.10 bits per heavy atom. The average Bonchev–Trinajstić information content (AvgIpc) is 3.61. The maximum atomic E-state index is 12.8. The highest BCUT2D eigenvalue weighted by molar-refractivity contribution is 5.95. The lowest BCUT2D eigenvalue weighted by molar-refractivity contribution is -0.117. The van der Waals surface area contributed by atoms with E-state index in [0.717, 1.165) is 62.5 Å². The number of anilines is 1. The number of hydrogen-bond donors (Lipinski definition) is 2.